The largest absolute Gasteiger partial charge is 2.00 e. The zero-order chi connectivity index (χ0) is 10.9. The Labute approximate surface area is 129 Å². The molecule has 0 aliphatic rings. The third kappa shape index (κ3) is 12.1. The number of hydrogen-bond acceptors (Lipinski definition) is 4. The molecule has 1 rings (SSSR count). The quantitative estimate of drug-likeness (QED) is 0.306. The van der Waals surface area contributed by atoms with Crippen molar-refractivity contribution < 1.29 is 45.0 Å². The van der Waals surface area contributed by atoms with E-state index in [0.29, 0.717) is 18.7 Å². The van der Waals surface area contributed by atoms with Crippen LogP contribution in [0.3, 0.4) is 0 Å². The molecule has 0 spiro atoms. The van der Waals surface area contributed by atoms with Crippen LogP contribution in [0, 0.1) is 0 Å². The first kappa shape index (κ1) is 26.8. The third-order valence-corrected chi connectivity index (χ3v) is 1.89. The van der Waals surface area contributed by atoms with Crippen molar-refractivity contribution >= 4 is 6.21 Å². The van der Waals surface area contributed by atoms with Gasteiger partial charge in [-0.3, -0.25) is 4.99 Å². The van der Waals surface area contributed by atoms with Crippen LogP contribution in [-0.2, 0) is 16.5 Å². The number of halogens is 1. The Hall–Kier alpha value is -0.686. The predicted molar refractivity (Wildman–Crippen MR) is 67.5 cm³/mol. The van der Waals surface area contributed by atoms with Crippen LogP contribution < -0.4 is 28.6 Å². The zero-order valence-corrected chi connectivity index (χ0v) is 12.1. The maximum atomic E-state index is 11.3. The average molecular weight is 336 g/mol. The van der Waals surface area contributed by atoms with Crippen LogP contribution in [0.1, 0.15) is 5.56 Å². The number of rotatable bonds is 6. The molecule has 0 atom stereocenters. The monoisotopic (exact) mass is 335 g/mol. The second-order valence-corrected chi connectivity index (χ2v) is 3.11. The second kappa shape index (κ2) is 17.3. The fraction of sp³-hybridized carbons (Fsp3) is 0.364. The number of aliphatic imine (C=N–C) groups is 1. The summed E-state index contributed by atoms with van der Waals surface area (Å²) >= 11 is 0. The van der Waals surface area contributed by atoms with Gasteiger partial charge in [0.05, 0.1) is 6.54 Å². The summed E-state index contributed by atoms with van der Waals surface area (Å²) in [5.41, 5.74) is 5.95. The first-order valence-corrected chi connectivity index (χ1v) is 5.01. The van der Waals surface area contributed by atoms with Gasteiger partial charge in [0.1, 0.15) is 0 Å². The Morgan fingerprint density at radius 3 is 2.42 bits per heavy atom. The fourth-order valence-electron chi connectivity index (χ4n) is 1.12. The van der Waals surface area contributed by atoms with Crippen LogP contribution in [0.4, 0.5) is 0 Å². The molecule has 1 aromatic carbocycles. The molecule has 7 N–H and O–H groups in total. The van der Waals surface area contributed by atoms with Gasteiger partial charge in [-0.15, -0.1) is 5.75 Å². The number of para-hydroxylation sites is 1. The molecule has 0 aromatic heterocycles. The van der Waals surface area contributed by atoms with Gasteiger partial charge in [0, 0.05) is 25.8 Å². The van der Waals surface area contributed by atoms with Crippen molar-refractivity contribution in [3.8, 4) is 5.75 Å². The summed E-state index contributed by atoms with van der Waals surface area (Å²) in [6.07, 6.45) is 1.62. The van der Waals surface area contributed by atoms with Crippen molar-refractivity contribution in [2.24, 2.45) is 10.7 Å². The number of nitrogens with two attached hydrogens (primary N) is 1. The van der Waals surface area contributed by atoms with E-state index < -0.39 is 0 Å². The smallest absolute Gasteiger partial charge is 1.00 e. The predicted octanol–water partition coefficient (Wildman–Crippen LogP) is -4.92. The maximum Gasteiger partial charge on any atom is 2.00 e. The van der Waals surface area contributed by atoms with Crippen molar-refractivity contribution in [3.63, 3.8) is 0 Å². The SMILES string of the molecule is NCCNCCN=Cc1ccccc1[O-].O.O.[Cl-].[Ni+2]. The van der Waals surface area contributed by atoms with Crippen LogP contribution in [0.15, 0.2) is 29.3 Å². The van der Waals surface area contributed by atoms with E-state index in [4.69, 9.17) is 5.73 Å². The summed E-state index contributed by atoms with van der Waals surface area (Å²) in [5, 5.41) is 14.4. The molecule has 0 unspecified atom stereocenters. The molecule has 0 aliphatic heterocycles. The van der Waals surface area contributed by atoms with Crippen molar-refractivity contribution in [2.45, 2.75) is 0 Å². The Morgan fingerprint density at radius 1 is 1.21 bits per heavy atom. The van der Waals surface area contributed by atoms with E-state index in [1.807, 2.05) is 6.07 Å². The molecule has 8 heteroatoms. The molecule has 1 aromatic rings. The van der Waals surface area contributed by atoms with Crippen molar-refractivity contribution in [1.82, 2.24) is 5.32 Å². The Balaban J connectivity index is -0.000000281. The van der Waals surface area contributed by atoms with Gasteiger partial charge in [-0.05, 0) is 5.56 Å². The number of hydrogen-bond donors (Lipinski definition) is 2. The van der Waals surface area contributed by atoms with Crippen molar-refractivity contribution in [2.75, 3.05) is 26.2 Å². The Kier molecular flexibility index (Phi) is 24.4. The maximum absolute atomic E-state index is 11.3. The number of nitrogens with zero attached hydrogens (tertiary/aromatic N) is 1. The summed E-state index contributed by atoms with van der Waals surface area (Å²) in [6.45, 7) is 2.88. The average Bonchev–Trinajstić information content (AvgIpc) is 2.25. The minimum absolute atomic E-state index is 0. The molecule has 0 fully saturated rings. The van der Waals surface area contributed by atoms with Gasteiger partial charge < -0.3 is 39.5 Å². The van der Waals surface area contributed by atoms with Crippen LogP contribution in [-0.4, -0.2) is 43.3 Å². The molecule has 0 amide bonds. The van der Waals surface area contributed by atoms with Crippen molar-refractivity contribution in [3.05, 3.63) is 29.8 Å². The van der Waals surface area contributed by atoms with E-state index in [2.05, 4.69) is 10.3 Å². The summed E-state index contributed by atoms with van der Waals surface area (Å²) in [4.78, 5) is 4.15. The molecular formula is C11H20ClN3NiO3. The van der Waals surface area contributed by atoms with Gasteiger partial charge in [0.2, 0.25) is 0 Å². The molecular weight excluding hydrogens is 316 g/mol. The van der Waals surface area contributed by atoms with E-state index in [9.17, 15) is 5.11 Å². The number of benzene rings is 1. The minimum Gasteiger partial charge on any atom is -1.00 e. The van der Waals surface area contributed by atoms with Crippen LogP contribution in [0.2, 0.25) is 0 Å². The van der Waals surface area contributed by atoms with Crippen LogP contribution in [0.25, 0.3) is 0 Å². The Morgan fingerprint density at radius 2 is 1.84 bits per heavy atom. The summed E-state index contributed by atoms with van der Waals surface area (Å²) in [5.74, 6) is 0.0103. The van der Waals surface area contributed by atoms with Gasteiger partial charge in [0.15, 0.2) is 0 Å². The topological polar surface area (TPSA) is 136 Å². The Bertz CT molecular complexity index is 330. The molecule has 0 bridgehead atoms. The summed E-state index contributed by atoms with van der Waals surface area (Å²) in [7, 11) is 0. The first-order valence-electron chi connectivity index (χ1n) is 5.01. The molecule has 0 radical (unpaired) electrons. The third-order valence-electron chi connectivity index (χ3n) is 1.89. The summed E-state index contributed by atoms with van der Waals surface area (Å²) in [6, 6.07) is 6.85. The van der Waals surface area contributed by atoms with Gasteiger partial charge >= 0.3 is 16.5 Å². The molecule has 114 valence electrons. The molecule has 19 heavy (non-hydrogen) atoms. The van der Waals surface area contributed by atoms with E-state index >= 15 is 0 Å². The standard InChI is InChI=1S/C11H17N3O.ClH.Ni.2H2O/c12-5-6-13-7-8-14-9-10-3-1-2-4-11(10)15;;;;/h1-4,9,13,15H,5-8,12H2;1H;;2*1H2/q;;+2;;/p-2. The van der Waals surface area contributed by atoms with Gasteiger partial charge in [-0.25, -0.2) is 0 Å². The first-order chi connectivity index (χ1) is 7.34. The van der Waals surface area contributed by atoms with Crippen LogP contribution >= 0.6 is 0 Å². The van der Waals surface area contributed by atoms with E-state index in [-0.39, 0.29) is 45.6 Å². The van der Waals surface area contributed by atoms with Crippen LogP contribution in [0.5, 0.6) is 5.75 Å². The zero-order valence-electron chi connectivity index (χ0n) is 10.3. The number of nitrogens with one attached hydrogen (secondary N) is 1. The van der Waals surface area contributed by atoms with E-state index in [1.165, 1.54) is 6.07 Å². The molecule has 0 saturated heterocycles. The molecule has 6 nitrogen and oxygen atoms in total. The van der Waals surface area contributed by atoms with Gasteiger partial charge in [0.25, 0.3) is 0 Å². The minimum atomic E-state index is 0. The van der Waals surface area contributed by atoms with Gasteiger partial charge in [-0.1, -0.05) is 24.3 Å². The molecule has 0 saturated carbocycles. The van der Waals surface area contributed by atoms with Crippen molar-refractivity contribution in [1.29, 1.82) is 0 Å². The fourth-order valence-corrected chi connectivity index (χ4v) is 1.12. The van der Waals surface area contributed by atoms with E-state index in [1.54, 1.807) is 18.3 Å². The normalized spacial score (nSPS) is 8.68. The molecule has 0 aliphatic carbocycles. The summed E-state index contributed by atoms with van der Waals surface area (Å²) < 4.78 is 0. The second-order valence-electron chi connectivity index (χ2n) is 3.11. The van der Waals surface area contributed by atoms with E-state index in [0.717, 1.165) is 13.1 Å². The van der Waals surface area contributed by atoms with Gasteiger partial charge in [-0.2, -0.15) is 0 Å². The molecule has 0 heterocycles.